The summed E-state index contributed by atoms with van der Waals surface area (Å²) in [6, 6.07) is 4.18. The Balaban J connectivity index is 2.20. The fraction of sp³-hybridized carbons (Fsp3) is 0.200. The van der Waals surface area contributed by atoms with E-state index in [0.717, 1.165) is 21.8 Å². The molecule has 0 saturated heterocycles. The van der Waals surface area contributed by atoms with Gasteiger partial charge in [-0.05, 0) is 19.1 Å². The maximum atomic E-state index is 4.69. The van der Waals surface area contributed by atoms with Crippen LogP contribution in [0.4, 0.5) is 5.95 Å². The number of thiophene rings is 1. The Morgan fingerprint density at radius 3 is 2.52 bits per heavy atom. The molecule has 0 radical (unpaired) electrons. The molecule has 106 valence electrons. The summed E-state index contributed by atoms with van der Waals surface area (Å²) in [6.45, 7) is 2.09. The van der Waals surface area contributed by atoms with Crippen molar-refractivity contribution < 1.29 is 0 Å². The van der Waals surface area contributed by atoms with E-state index in [4.69, 9.17) is 0 Å². The van der Waals surface area contributed by atoms with Crippen LogP contribution in [0.25, 0.3) is 21.8 Å². The Morgan fingerprint density at radius 1 is 1.05 bits per heavy atom. The monoisotopic (exact) mass is 297 g/mol. The van der Waals surface area contributed by atoms with Crippen LogP contribution in [0.2, 0.25) is 0 Å². The van der Waals surface area contributed by atoms with Crippen molar-refractivity contribution in [1.29, 1.82) is 0 Å². The van der Waals surface area contributed by atoms with Gasteiger partial charge in [-0.15, -0.1) is 11.3 Å². The molecule has 0 N–H and O–H groups in total. The van der Waals surface area contributed by atoms with Gasteiger partial charge in [0.25, 0.3) is 0 Å². The van der Waals surface area contributed by atoms with Gasteiger partial charge in [0.15, 0.2) is 0 Å². The van der Waals surface area contributed by atoms with Crippen molar-refractivity contribution in [2.24, 2.45) is 0 Å². The van der Waals surface area contributed by atoms with Gasteiger partial charge in [0, 0.05) is 43.1 Å². The number of hydrogen-bond donors (Lipinski definition) is 0. The van der Waals surface area contributed by atoms with E-state index in [-0.39, 0.29) is 0 Å². The summed E-state index contributed by atoms with van der Waals surface area (Å²) >= 11 is 1.71. The lowest BCUT2D eigenvalue weighted by Crippen LogP contribution is -2.13. The van der Waals surface area contributed by atoms with Gasteiger partial charge in [-0.25, -0.2) is 9.97 Å². The van der Waals surface area contributed by atoms with Crippen molar-refractivity contribution in [2.45, 2.75) is 6.92 Å². The first-order valence-electron chi connectivity index (χ1n) is 6.52. The molecule has 3 aromatic heterocycles. The maximum Gasteiger partial charge on any atom is 0.225 e. The first kappa shape index (κ1) is 13.6. The zero-order valence-corrected chi connectivity index (χ0v) is 12.9. The van der Waals surface area contributed by atoms with Crippen LogP contribution in [0, 0.1) is 6.92 Å². The molecule has 0 aliphatic heterocycles. The smallest absolute Gasteiger partial charge is 0.225 e. The predicted molar refractivity (Wildman–Crippen MR) is 85.4 cm³/mol. The summed E-state index contributed by atoms with van der Waals surface area (Å²) in [4.78, 5) is 21.8. The van der Waals surface area contributed by atoms with E-state index < -0.39 is 0 Å². The molecule has 3 rings (SSSR count). The van der Waals surface area contributed by atoms with Gasteiger partial charge in [0.2, 0.25) is 5.95 Å². The molecule has 0 saturated carbocycles. The third-order valence-electron chi connectivity index (χ3n) is 2.99. The van der Waals surface area contributed by atoms with Gasteiger partial charge in [0.1, 0.15) is 0 Å². The number of rotatable bonds is 3. The van der Waals surface area contributed by atoms with Crippen LogP contribution in [-0.2, 0) is 0 Å². The molecule has 0 spiro atoms. The van der Waals surface area contributed by atoms with Gasteiger partial charge >= 0.3 is 0 Å². The van der Waals surface area contributed by atoms with Crippen LogP contribution in [0.3, 0.4) is 0 Å². The fourth-order valence-electron chi connectivity index (χ4n) is 1.96. The Hall–Kier alpha value is -2.34. The highest BCUT2D eigenvalue weighted by Crippen LogP contribution is 2.33. The van der Waals surface area contributed by atoms with Gasteiger partial charge in [-0.2, -0.15) is 0 Å². The summed E-state index contributed by atoms with van der Waals surface area (Å²) in [5.41, 5.74) is 2.58. The molecule has 5 nitrogen and oxygen atoms in total. The summed E-state index contributed by atoms with van der Waals surface area (Å²) in [7, 11) is 3.86. The normalized spacial score (nSPS) is 10.6. The predicted octanol–water partition coefficient (Wildman–Crippen LogP) is 3.04. The van der Waals surface area contributed by atoms with Crippen LogP contribution in [0.1, 0.15) is 4.88 Å². The van der Waals surface area contributed by atoms with E-state index in [1.54, 1.807) is 29.9 Å². The average molecular weight is 297 g/mol. The molecule has 21 heavy (non-hydrogen) atoms. The van der Waals surface area contributed by atoms with Crippen molar-refractivity contribution in [3.05, 3.63) is 41.8 Å². The molecule has 3 aromatic rings. The number of nitrogens with zero attached hydrogens (tertiary/aromatic N) is 5. The van der Waals surface area contributed by atoms with Crippen molar-refractivity contribution in [3.8, 4) is 21.8 Å². The van der Waals surface area contributed by atoms with Crippen LogP contribution < -0.4 is 4.90 Å². The van der Waals surface area contributed by atoms with Gasteiger partial charge < -0.3 is 4.90 Å². The van der Waals surface area contributed by atoms with E-state index in [1.165, 1.54) is 4.88 Å². The SMILES string of the molecule is Cc1ccc(-c2nc(N(C)C)ncc2-c2cnccn2)s1. The molecule has 3 heterocycles. The second kappa shape index (κ2) is 5.57. The lowest BCUT2D eigenvalue weighted by Gasteiger charge is -2.13. The molecule has 0 bridgehead atoms. The number of aromatic nitrogens is 4. The minimum absolute atomic E-state index is 0.684. The van der Waals surface area contributed by atoms with Crippen LogP contribution in [-0.4, -0.2) is 34.0 Å². The largest absolute Gasteiger partial charge is 0.347 e. The van der Waals surface area contributed by atoms with Gasteiger partial charge in [0.05, 0.1) is 22.5 Å². The topological polar surface area (TPSA) is 54.8 Å². The molecule has 0 unspecified atom stereocenters. The highest BCUT2D eigenvalue weighted by Gasteiger charge is 2.14. The fourth-order valence-corrected chi connectivity index (χ4v) is 2.83. The third kappa shape index (κ3) is 2.75. The van der Waals surface area contributed by atoms with Crippen molar-refractivity contribution in [2.75, 3.05) is 19.0 Å². The summed E-state index contributed by atoms with van der Waals surface area (Å²) in [5.74, 6) is 0.684. The van der Waals surface area contributed by atoms with E-state index in [0.29, 0.717) is 5.95 Å². The molecule has 0 atom stereocenters. The third-order valence-corrected chi connectivity index (χ3v) is 4.00. The molecular formula is C15H15N5S. The van der Waals surface area contributed by atoms with Crippen molar-refractivity contribution in [1.82, 2.24) is 19.9 Å². The van der Waals surface area contributed by atoms with Gasteiger partial charge in [-0.3, -0.25) is 9.97 Å². The summed E-state index contributed by atoms with van der Waals surface area (Å²) < 4.78 is 0. The Kier molecular flexibility index (Phi) is 3.62. The Labute approximate surface area is 127 Å². The minimum Gasteiger partial charge on any atom is -0.347 e. The van der Waals surface area contributed by atoms with E-state index in [9.17, 15) is 0 Å². The Morgan fingerprint density at radius 2 is 1.90 bits per heavy atom. The highest BCUT2D eigenvalue weighted by atomic mass is 32.1. The van der Waals surface area contributed by atoms with E-state index >= 15 is 0 Å². The number of aryl methyl sites for hydroxylation is 1. The Bertz CT molecular complexity index is 752. The standard InChI is InChI=1S/C15H15N5S/c1-10-4-5-13(21-10)14-11(12-9-16-6-7-17-12)8-18-15(19-14)20(2)3/h4-9H,1-3H3. The van der Waals surface area contributed by atoms with Crippen LogP contribution in [0.5, 0.6) is 0 Å². The maximum absolute atomic E-state index is 4.69. The van der Waals surface area contributed by atoms with E-state index in [2.05, 4.69) is 39.0 Å². The molecule has 0 amide bonds. The van der Waals surface area contributed by atoms with Crippen molar-refractivity contribution in [3.63, 3.8) is 0 Å². The molecular weight excluding hydrogens is 282 g/mol. The first-order valence-corrected chi connectivity index (χ1v) is 7.34. The van der Waals surface area contributed by atoms with E-state index in [1.807, 2.05) is 25.2 Å². The summed E-state index contributed by atoms with van der Waals surface area (Å²) in [6.07, 6.45) is 6.89. The quantitative estimate of drug-likeness (QED) is 0.743. The highest BCUT2D eigenvalue weighted by molar-refractivity contribution is 7.15. The average Bonchev–Trinajstić information content (AvgIpc) is 2.94. The number of anilines is 1. The zero-order valence-electron chi connectivity index (χ0n) is 12.1. The number of hydrogen-bond acceptors (Lipinski definition) is 6. The molecule has 0 fully saturated rings. The molecule has 0 aromatic carbocycles. The van der Waals surface area contributed by atoms with Gasteiger partial charge in [-0.1, -0.05) is 0 Å². The van der Waals surface area contributed by atoms with Crippen molar-refractivity contribution >= 4 is 17.3 Å². The second-order valence-electron chi connectivity index (χ2n) is 4.83. The zero-order chi connectivity index (χ0) is 14.8. The van der Waals surface area contributed by atoms with Crippen LogP contribution >= 0.6 is 11.3 Å². The van der Waals surface area contributed by atoms with Crippen LogP contribution in [0.15, 0.2) is 36.9 Å². The molecule has 0 aliphatic carbocycles. The lowest BCUT2D eigenvalue weighted by atomic mass is 10.1. The first-order chi connectivity index (χ1) is 10.1. The molecule has 6 heteroatoms. The summed E-state index contributed by atoms with van der Waals surface area (Å²) in [5, 5.41) is 0. The minimum atomic E-state index is 0.684. The second-order valence-corrected chi connectivity index (χ2v) is 6.12. The molecule has 0 aliphatic rings. The lowest BCUT2D eigenvalue weighted by molar-refractivity contribution is 1.00.